The third-order valence-electron chi connectivity index (χ3n) is 3.04. The zero-order chi connectivity index (χ0) is 11.1. The van der Waals surface area contributed by atoms with E-state index in [2.05, 4.69) is 38.1 Å². The highest BCUT2D eigenvalue weighted by atomic mass is 15.3. The van der Waals surface area contributed by atoms with Gasteiger partial charge in [-0.05, 0) is 19.9 Å². The molecular formula is C11H15N5. The average molecular weight is 217 g/mol. The second kappa shape index (κ2) is 3.45. The van der Waals surface area contributed by atoms with Gasteiger partial charge in [0.2, 0.25) is 0 Å². The Bertz CT molecular complexity index is 510. The summed E-state index contributed by atoms with van der Waals surface area (Å²) in [7, 11) is 0. The van der Waals surface area contributed by atoms with Crippen molar-refractivity contribution in [3.05, 3.63) is 23.8 Å². The zero-order valence-electron chi connectivity index (χ0n) is 9.49. The second-order valence-corrected chi connectivity index (χ2v) is 4.28. The van der Waals surface area contributed by atoms with Crippen LogP contribution in [0.5, 0.6) is 0 Å². The Balaban J connectivity index is 2.09. The number of hydrogen-bond donors (Lipinski definition) is 2. The lowest BCUT2D eigenvalue weighted by atomic mass is 10.2. The Labute approximate surface area is 93.9 Å². The summed E-state index contributed by atoms with van der Waals surface area (Å²) in [4.78, 5) is 3.18. The first-order valence-corrected chi connectivity index (χ1v) is 5.57. The van der Waals surface area contributed by atoms with Gasteiger partial charge in [0.1, 0.15) is 5.82 Å². The number of H-pyrrole nitrogens is 1. The first kappa shape index (κ1) is 9.59. The fraction of sp³-hybridized carbons (Fsp3) is 0.455. The quantitative estimate of drug-likeness (QED) is 0.755. The highest BCUT2D eigenvalue weighted by molar-refractivity contribution is 5.55. The van der Waals surface area contributed by atoms with Crippen LogP contribution in [-0.4, -0.2) is 26.3 Å². The maximum atomic E-state index is 4.28. The van der Waals surface area contributed by atoms with Gasteiger partial charge in [-0.1, -0.05) is 0 Å². The normalized spacial score (nSPS) is 19.8. The van der Waals surface area contributed by atoms with Crippen LogP contribution in [0.15, 0.2) is 12.3 Å². The molecule has 16 heavy (non-hydrogen) atoms. The van der Waals surface area contributed by atoms with Crippen LogP contribution in [-0.2, 0) is 6.54 Å². The largest absolute Gasteiger partial charge is 0.364 e. The van der Waals surface area contributed by atoms with Crippen LogP contribution in [0.25, 0.3) is 11.4 Å². The van der Waals surface area contributed by atoms with Gasteiger partial charge in [-0.15, -0.1) is 10.2 Å². The van der Waals surface area contributed by atoms with Gasteiger partial charge in [-0.3, -0.25) is 0 Å². The molecule has 0 fully saturated rings. The lowest BCUT2D eigenvalue weighted by Gasteiger charge is -2.21. The summed E-state index contributed by atoms with van der Waals surface area (Å²) in [6, 6.07) is 2.39. The Hall–Kier alpha value is -1.62. The van der Waals surface area contributed by atoms with E-state index in [-0.39, 0.29) is 6.04 Å². The topological polar surface area (TPSA) is 58.5 Å². The number of aromatic nitrogens is 4. The number of rotatable bonds is 1. The van der Waals surface area contributed by atoms with Gasteiger partial charge in [-0.2, -0.15) is 0 Å². The Morgan fingerprint density at radius 3 is 3.06 bits per heavy atom. The van der Waals surface area contributed by atoms with Gasteiger partial charge in [0.25, 0.3) is 0 Å². The van der Waals surface area contributed by atoms with Crippen molar-refractivity contribution in [3.8, 4) is 11.4 Å². The van der Waals surface area contributed by atoms with Crippen molar-refractivity contribution >= 4 is 0 Å². The molecule has 3 rings (SSSR count). The molecule has 84 valence electrons. The molecule has 0 bridgehead atoms. The molecule has 0 saturated carbocycles. The summed E-state index contributed by atoms with van der Waals surface area (Å²) in [6.45, 7) is 6.07. The van der Waals surface area contributed by atoms with E-state index >= 15 is 0 Å². The van der Waals surface area contributed by atoms with E-state index in [0.717, 1.165) is 36.0 Å². The van der Waals surface area contributed by atoms with Crippen molar-refractivity contribution in [1.82, 2.24) is 25.1 Å². The van der Waals surface area contributed by atoms with Crippen molar-refractivity contribution in [3.63, 3.8) is 0 Å². The average Bonchev–Trinajstić information content (AvgIpc) is 2.84. The molecule has 0 aromatic carbocycles. The monoisotopic (exact) mass is 217 g/mol. The summed E-state index contributed by atoms with van der Waals surface area (Å²) >= 11 is 0. The fourth-order valence-electron chi connectivity index (χ4n) is 2.19. The summed E-state index contributed by atoms with van der Waals surface area (Å²) in [5.41, 5.74) is 2.26. The predicted molar refractivity (Wildman–Crippen MR) is 61.0 cm³/mol. The number of nitrogens with zero attached hydrogens (tertiary/aromatic N) is 3. The van der Waals surface area contributed by atoms with Crippen LogP contribution in [0.1, 0.15) is 24.5 Å². The molecule has 1 aliphatic rings. The predicted octanol–water partition coefficient (Wildman–Crippen LogP) is 1.25. The maximum Gasteiger partial charge on any atom is 0.165 e. The molecule has 5 heteroatoms. The van der Waals surface area contributed by atoms with E-state index in [9.17, 15) is 0 Å². The lowest BCUT2D eigenvalue weighted by molar-refractivity contribution is 0.439. The van der Waals surface area contributed by atoms with Crippen LogP contribution in [0.4, 0.5) is 0 Å². The minimum atomic E-state index is 0.287. The number of nitrogens with one attached hydrogen (secondary N) is 2. The minimum Gasteiger partial charge on any atom is -0.364 e. The first-order valence-electron chi connectivity index (χ1n) is 5.57. The molecule has 0 aliphatic carbocycles. The summed E-state index contributed by atoms with van der Waals surface area (Å²) in [6.07, 6.45) is 1.99. The van der Waals surface area contributed by atoms with Crippen molar-refractivity contribution in [2.45, 2.75) is 26.4 Å². The van der Waals surface area contributed by atoms with Gasteiger partial charge >= 0.3 is 0 Å². The molecule has 2 aromatic rings. The molecule has 5 nitrogen and oxygen atoms in total. The molecule has 2 N–H and O–H groups in total. The Morgan fingerprint density at radius 2 is 2.31 bits per heavy atom. The van der Waals surface area contributed by atoms with Crippen LogP contribution < -0.4 is 5.32 Å². The van der Waals surface area contributed by atoms with Gasteiger partial charge < -0.3 is 14.9 Å². The zero-order valence-corrected chi connectivity index (χ0v) is 9.49. The summed E-state index contributed by atoms with van der Waals surface area (Å²) < 4.78 is 2.20. The third-order valence-corrected chi connectivity index (χ3v) is 3.04. The molecule has 0 radical (unpaired) electrons. The number of aryl methyl sites for hydroxylation is 1. The Kier molecular flexibility index (Phi) is 2.07. The molecule has 1 aliphatic heterocycles. The van der Waals surface area contributed by atoms with E-state index in [0.29, 0.717) is 0 Å². The highest BCUT2D eigenvalue weighted by Crippen LogP contribution is 2.23. The van der Waals surface area contributed by atoms with E-state index in [4.69, 9.17) is 0 Å². The van der Waals surface area contributed by atoms with Crippen LogP contribution >= 0.6 is 0 Å². The lowest BCUT2D eigenvalue weighted by Crippen LogP contribution is -2.32. The smallest absolute Gasteiger partial charge is 0.165 e. The Morgan fingerprint density at radius 1 is 1.44 bits per heavy atom. The molecule has 0 saturated heterocycles. The van der Waals surface area contributed by atoms with E-state index in [1.54, 1.807) is 0 Å². The second-order valence-electron chi connectivity index (χ2n) is 4.28. The van der Waals surface area contributed by atoms with Gasteiger partial charge in [0.15, 0.2) is 5.82 Å². The molecule has 0 amide bonds. The molecular weight excluding hydrogens is 202 g/mol. The third kappa shape index (κ3) is 1.36. The molecule has 2 aromatic heterocycles. The minimum absolute atomic E-state index is 0.287. The molecule has 1 atom stereocenters. The van der Waals surface area contributed by atoms with Gasteiger partial charge in [-0.25, -0.2) is 0 Å². The highest BCUT2D eigenvalue weighted by Gasteiger charge is 2.22. The number of fused-ring (bicyclic) bond motifs is 1. The summed E-state index contributed by atoms with van der Waals surface area (Å²) in [5.74, 6) is 1.99. The first-order chi connectivity index (χ1) is 7.75. The van der Waals surface area contributed by atoms with E-state index < -0.39 is 0 Å². The van der Waals surface area contributed by atoms with E-state index in [1.165, 1.54) is 0 Å². The maximum absolute atomic E-state index is 4.28. The van der Waals surface area contributed by atoms with Crippen molar-refractivity contribution < 1.29 is 0 Å². The van der Waals surface area contributed by atoms with Crippen LogP contribution in [0, 0.1) is 6.92 Å². The van der Waals surface area contributed by atoms with Crippen LogP contribution in [0.2, 0.25) is 0 Å². The van der Waals surface area contributed by atoms with Crippen LogP contribution in [0.3, 0.4) is 0 Å². The van der Waals surface area contributed by atoms with Crippen molar-refractivity contribution in [2.24, 2.45) is 0 Å². The van der Waals surface area contributed by atoms with Gasteiger partial charge in [0, 0.05) is 30.5 Å². The molecule has 0 spiro atoms. The van der Waals surface area contributed by atoms with Crippen molar-refractivity contribution in [2.75, 3.05) is 6.54 Å². The SMILES string of the molecule is Cc1cc(-c2nnc3n2CCNC3C)c[nH]1. The summed E-state index contributed by atoms with van der Waals surface area (Å²) in [5, 5.41) is 11.9. The van der Waals surface area contributed by atoms with E-state index in [1.807, 2.05) is 13.1 Å². The standard InChI is InChI=1S/C11H15N5/c1-7-5-9(6-13-7)11-15-14-10-8(2)12-3-4-16(10)11/h5-6,8,12-13H,3-4H2,1-2H3. The van der Waals surface area contributed by atoms with Gasteiger partial charge in [0.05, 0.1) is 6.04 Å². The fourth-order valence-corrected chi connectivity index (χ4v) is 2.19. The van der Waals surface area contributed by atoms with Crippen molar-refractivity contribution in [1.29, 1.82) is 0 Å². The number of hydrogen-bond acceptors (Lipinski definition) is 3. The molecule has 1 unspecified atom stereocenters. The molecule has 3 heterocycles. The number of aromatic amines is 1.